The number of nitrogens with zero attached hydrogens (tertiary/aromatic N) is 4. The lowest BCUT2D eigenvalue weighted by Gasteiger charge is -2.25. The second-order valence-electron chi connectivity index (χ2n) is 7.64. The predicted molar refractivity (Wildman–Crippen MR) is 129 cm³/mol. The molecule has 0 bridgehead atoms. The highest BCUT2D eigenvalue weighted by Crippen LogP contribution is 2.17. The van der Waals surface area contributed by atoms with Crippen molar-refractivity contribution in [2.45, 2.75) is 65.0 Å². The van der Waals surface area contributed by atoms with E-state index in [0.29, 0.717) is 5.92 Å². The number of guanidine groups is 1. The van der Waals surface area contributed by atoms with Crippen molar-refractivity contribution in [3.63, 3.8) is 0 Å². The number of hydrogen-bond acceptors (Lipinski definition) is 5. The van der Waals surface area contributed by atoms with Crippen LogP contribution in [0.5, 0.6) is 0 Å². The van der Waals surface area contributed by atoms with E-state index in [1.54, 1.807) is 6.26 Å². The maximum absolute atomic E-state index is 5.42. The lowest BCUT2D eigenvalue weighted by atomic mass is 10.1. The Balaban J connectivity index is 0.00000320. The zero-order chi connectivity index (χ0) is 20.5. The number of hydrogen-bond donors (Lipinski definition) is 2. The van der Waals surface area contributed by atoms with E-state index in [9.17, 15) is 0 Å². The molecule has 168 valence electrons. The first kappa shape index (κ1) is 24.6. The molecule has 3 heterocycles. The van der Waals surface area contributed by atoms with Crippen LogP contribution >= 0.6 is 24.0 Å². The van der Waals surface area contributed by atoms with Gasteiger partial charge < -0.3 is 19.8 Å². The van der Waals surface area contributed by atoms with Crippen molar-refractivity contribution in [1.82, 2.24) is 25.4 Å². The molecule has 0 spiro atoms. The van der Waals surface area contributed by atoms with Gasteiger partial charge in [-0.25, -0.2) is 9.67 Å². The lowest BCUT2D eigenvalue weighted by molar-refractivity contribution is 0.146. The van der Waals surface area contributed by atoms with Gasteiger partial charge >= 0.3 is 0 Å². The maximum atomic E-state index is 5.42. The Kier molecular flexibility index (Phi) is 10.6. The molecular formula is C21H35IN6O2. The van der Waals surface area contributed by atoms with Gasteiger partial charge in [0.15, 0.2) is 11.8 Å². The fraction of sp³-hybridized carbons (Fsp3) is 0.667. The first-order chi connectivity index (χ1) is 14.2. The molecular weight excluding hydrogens is 495 g/mol. The van der Waals surface area contributed by atoms with Crippen LogP contribution in [0.1, 0.15) is 56.9 Å². The van der Waals surface area contributed by atoms with E-state index in [1.807, 2.05) is 23.7 Å². The molecule has 9 heteroatoms. The summed E-state index contributed by atoms with van der Waals surface area (Å²) in [5.74, 6) is 4.19. The number of rotatable bonds is 10. The summed E-state index contributed by atoms with van der Waals surface area (Å²) >= 11 is 0. The molecule has 2 aromatic rings. The second-order valence-corrected chi connectivity index (χ2v) is 7.64. The summed E-state index contributed by atoms with van der Waals surface area (Å²) in [6.07, 6.45) is 5.39. The highest BCUT2D eigenvalue weighted by atomic mass is 127. The lowest BCUT2D eigenvalue weighted by Crippen LogP contribution is -2.47. The first-order valence-corrected chi connectivity index (χ1v) is 10.7. The average Bonchev–Trinajstić information content (AvgIpc) is 3.37. The molecule has 0 fully saturated rings. The number of aliphatic imine (C=N–C) groups is 1. The number of halogens is 1. The summed E-state index contributed by atoms with van der Waals surface area (Å²) in [5.41, 5.74) is 0. The summed E-state index contributed by atoms with van der Waals surface area (Å²) in [7, 11) is 0. The molecule has 0 saturated carbocycles. The Morgan fingerprint density at radius 3 is 3.03 bits per heavy atom. The van der Waals surface area contributed by atoms with E-state index in [1.165, 1.54) is 0 Å². The van der Waals surface area contributed by atoms with Crippen LogP contribution in [0.3, 0.4) is 0 Å². The second kappa shape index (κ2) is 12.9. The molecule has 2 N–H and O–H groups in total. The van der Waals surface area contributed by atoms with Crippen molar-refractivity contribution in [2.75, 3.05) is 26.3 Å². The standard InChI is InChI=1S/C21H34N6O2.HI/c1-4-28-13-6-11-22-21(23-12-10-18-7-5-14-29-18)24-17-8-9-19-25-20(16(2)3)26-27(19)15-17;/h5,7,14,16-17H,4,6,8-13,15H2,1-3H3,(H2,22,23,24);1H. The summed E-state index contributed by atoms with van der Waals surface area (Å²) in [6, 6.07) is 4.19. The third-order valence-corrected chi connectivity index (χ3v) is 4.90. The topological polar surface area (TPSA) is 89.5 Å². The van der Waals surface area contributed by atoms with Crippen molar-refractivity contribution in [2.24, 2.45) is 4.99 Å². The van der Waals surface area contributed by atoms with Gasteiger partial charge in [0.2, 0.25) is 0 Å². The normalized spacial score (nSPS) is 16.3. The molecule has 0 saturated heterocycles. The average molecular weight is 530 g/mol. The van der Waals surface area contributed by atoms with Gasteiger partial charge in [-0.1, -0.05) is 13.8 Å². The number of ether oxygens (including phenoxy) is 1. The molecule has 0 aromatic carbocycles. The molecule has 0 radical (unpaired) electrons. The molecule has 1 aliphatic heterocycles. The fourth-order valence-electron chi connectivity index (χ4n) is 3.30. The molecule has 0 amide bonds. The van der Waals surface area contributed by atoms with Crippen molar-refractivity contribution >= 4 is 29.9 Å². The number of aromatic nitrogens is 3. The fourth-order valence-corrected chi connectivity index (χ4v) is 3.30. The maximum Gasteiger partial charge on any atom is 0.191 e. The van der Waals surface area contributed by atoms with Gasteiger partial charge in [0.1, 0.15) is 11.6 Å². The quantitative estimate of drug-likeness (QED) is 0.213. The van der Waals surface area contributed by atoms with Crippen LogP contribution in [0.2, 0.25) is 0 Å². The molecule has 1 aliphatic rings. The first-order valence-electron chi connectivity index (χ1n) is 10.7. The van der Waals surface area contributed by atoms with Crippen molar-refractivity contribution in [3.05, 3.63) is 35.8 Å². The third kappa shape index (κ3) is 7.57. The summed E-state index contributed by atoms with van der Waals surface area (Å²) in [4.78, 5) is 9.41. The van der Waals surface area contributed by atoms with E-state index >= 15 is 0 Å². The van der Waals surface area contributed by atoms with E-state index < -0.39 is 0 Å². The summed E-state index contributed by atoms with van der Waals surface area (Å²) in [6.45, 7) is 10.1. The van der Waals surface area contributed by atoms with Crippen LogP contribution in [-0.2, 0) is 24.1 Å². The van der Waals surface area contributed by atoms with E-state index in [0.717, 1.165) is 81.9 Å². The van der Waals surface area contributed by atoms with Gasteiger partial charge in [0.25, 0.3) is 0 Å². The Morgan fingerprint density at radius 1 is 1.43 bits per heavy atom. The van der Waals surface area contributed by atoms with E-state index in [2.05, 4.69) is 34.6 Å². The molecule has 0 aliphatic carbocycles. The number of fused-ring (bicyclic) bond motifs is 1. The molecule has 1 unspecified atom stereocenters. The number of nitrogens with one attached hydrogen (secondary N) is 2. The van der Waals surface area contributed by atoms with Crippen LogP contribution in [0.4, 0.5) is 0 Å². The number of aryl methyl sites for hydroxylation is 1. The van der Waals surface area contributed by atoms with Gasteiger partial charge in [0.05, 0.1) is 12.8 Å². The Hall–Kier alpha value is -1.62. The number of furan rings is 1. The minimum absolute atomic E-state index is 0. The van der Waals surface area contributed by atoms with E-state index in [-0.39, 0.29) is 30.0 Å². The monoisotopic (exact) mass is 530 g/mol. The minimum Gasteiger partial charge on any atom is -0.469 e. The largest absolute Gasteiger partial charge is 0.469 e. The van der Waals surface area contributed by atoms with Crippen molar-refractivity contribution in [3.8, 4) is 0 Å². The molecule has 8 nitrogen and oxygen atoms in total. The molecule has 2 aromatic heterocycles. The van der Waals surface area contributed by atoms with Crippen LogP contribution in [0.15, 0.2) is 27.8 Å². The summed E-state index contributed by atoms with van der Waals surface area (Å²) < 4.78 is 12.9. The Morgan fingerprint density at radius 2 is 2.30 bits per heavy atom. The minimum atomic E-state index is 0. The van der Waals surface area contributed by atoms with E-state index in [4.69, 9.17) is 14.1 Å². The van der Waals surface area contributed by atoms with Crippen LogP contribution in [0, 0.1) is 0 Å². The molecule has 1 atom stereocenters. The van der Waals surface area contributed by atoms with Gasteiger partial charge in [0, 0.05) is 51.1 Å². The van der Waals surface area contributed by atoms with Gasteiger partial charge in [-0.2, -0.15) is 5.10 Å². The smallest absolute Gasteiger partial charge is 0.191 e. The van der Waals surface area contributed by atoms with Crippen molar-refractivity contribution in [1.29, 1.82) is 0 Å². The van der Waals surface area contributed by atoms with Crippen LogP contribution in [-0.4, -0.2) is 53.1 Å². The summed E-state index contributed by atoms with van der Waals surface area (Å²) in [5, 5.41) is 11.7. The zero-order valence-corrected chi connectivity index (χ0v) is 20.6. The van der Waals surface area contributed by atoms with Gasteiger partial charge in [-0.3, -0.25) is 4.99 Å². The predicted octanol–water partition coefficient (Wildman–Crippen LogP) is 3.13. The van der Waals surface area contributed by atoms with Crippen LogP contribution < -0.4 is 10.6 Å². The highest BCUT2D eigenvalue weighted by Gasteiger charge is 2.23. The highest BCUT2D eigenvalue weighted by molar-refractivity contribution is 14.0. The van der Waals surface area contributed by atoms with Crippen LogP contribution in [0.25, 0.3) is 0 Å². The van der Waals surface area contributed by atoms with Crippen molar-refractivity contribution < 1.29 is 9.15 Å². The van der Waals surface area contributed by atoms with Gasteiger partial charge in [-0.15, -0.1) is 24.0 Å². The SMILES string of the molecule is CCOCCCN=C(NCCc1ccco1)NC1CCc2nc(C(C)C)nn2C1.I. The zero-order valence-electron chi connectivity index (χ0n) is 18.3. The Bertz CT molecular complexity index is 760. The van der Waals surface area contributed by atoms with Gasteiger partial charge in [-0.05, 0) is 31.9 Å². The molecule has 3 rings (SSSR count). The third-order valence-electron chi connectivity index (χ3n) is 4.90. The Labute approximate surface area is 196 Å². The molecule has 30 heavy (non-hydrogen) atoms.